The van der Waals surface area contributed by atoms with Crippen molar-refractivity contribution in [3.63, 3.8) is 0 Å². The molecule has 24 heavy (non-hydrogen) atoms. The molecule has 0 saturated carbocycles. The van der Waals surface area contributed by atoms with Gasteiger partial charge in [-0.1, -0.05) is 30.4 Å². The fourth-order valence-corrected chi connectivity index (χ4v) is 2.29. The fraction of sp³-hybridized carbons (Fsp3) is 0.250. The smallest absolute Gasteiger partial charge is 0.265 e. The highest BCUT2D eigenvalue weighted by Crippen LogP contribution is 2.29. The van der Waals surface area contributed by atoms with Gasteiger partial charge in [-0.3, -0.25) is 4.79 Å². The van der Waals surface area contributed by atoms with Gasteiger partial charge in [-0.25, -0.2) is 0 Å². The van der Waals surface area contributed by atoms with Crippen molar-refractivity contribution in [3.05, 3.63) is 59.7 Å². The maximum absolute atomic E-state index is 12.3. The van der Waals surface area contributed by atoms with E-state index in [1.165, 1.54) is 0 Å². The average molecular weight is 325 g/mol. The van der Waals surface area contributed by atoms with E-state index in [0.717, 1.165) is 16.8 Å². The molecule has 0 fully saturated rings. The summed E-state index contributed by atoms with van der Waals surface area (Å²) in [5.74, 6) is 0.929. The number of ether oxygens (including phenoxy) is 2. The van der Waals surface area contributed by atoms with Gasteiger partial charge in [-0.05, 0) is 56.2 Å². The number of carbonyl (C=O) groups is 1. The Kier molecular flexibility index (Phi) is 6.01. The average Bonchev–Trinajstić information content (AvgIpc) is 2.56. The third-order valence-electron chi connectivity index (χ3n) is 3.51. The van der Waals surface area contributed by atoms with Crippen LogP contribution in [0.15, 0.2) is 48.5 Å². The largest absolute Gasteiger partial charge is 0.493 e. The second kappa shape index (κ2) is 8.20. The van der Waals surface area contributed by atoms with Gasteiger partial charge in [0.15, 0.2) is 17.6 Å². The van der Waals surface area contributed by atoms with Crippen LogP contribution in [0.4, 0.5) is 5.69 Å². The number of aryl methyl sites for hydroxylation is 1. The van der Waals surface area contributed by atoms with E-state index in [-0.39, 0.29) is 5.91 Å². The van der Waals surface area contributed by atoms with Gasteiger partial charge in [0, 0.05) is 5.69 Å². The summed E-state index contributed by atoms with van der Waals surface area (Å²) in [4.78, 5) is 12.3. The number of nitrogens with one attached hydrogen (secondary N) is 1. The molecule has 0 bridgehead atoms. The van der Waals surface area contributed by atoms with Crippen LogP contribution in [0.2, 0.25) is 0 Å². The number of amides is 1. The summed E-state index contributed by atoms with van der Waals surface area (Å²) in [5.41, 5.74) is 2.85. The van der Waals surface area contributed by atoms with Gasteiger partial charge in [0.1, 0.15) is 0 Å². The third-order valence-corrected chi connectivity index (χ3v) is 3.51. The number of carbonyl (C=O) groups excluding carboxylic acids is 1. The van der Waals surface area contributed by atoms with Crippen molar-refractivity contribution >= 4 is 17.7 Å². The summed E-state index contributed by atoms with van der Waals surface area (Å²) in [5, 5.41) is 2.86. The summed E-state index contributed by atoms with van der Waals surface area (Å²) in [6, 6.07) is 13.3. The zero-order valence-electron chi connectivity index (χ0n) is 14.5. The molecule has 2 aromatic carbocycles. The molecular formula is C20H23NO3. The van der Waals surface area contributed by atoms with Crippen molar-refractivity contribution < 1.29 is 14.3 Å². The van der Waals surface area contributed by atoms with Crippen molar-refractivity contribution in [2.45, 2.75) is 26.9 Å². The van der Waals surface area contributed by atoms with Gasteiger partial charge in [0.2, 0.25) is 0 Å². The van der Waals surface area contributed by atoms with Gasteiger partial charge in [0.25, 0.3) is 5.91 Å². The second-order valence-electron chi connectivity index (χ2n) is 5.53. The topological polar surface area (TPSA) is 47.6 Å². The van der Waals surface area contributed by atoms with Gasteiger partial charge < -0.3 is 14.8 Å². The molecule has 1 amide bonds. The zero-order chi connectivity index (χ0) is 17.5. The van der Waals surface area contributed by atoms with E-state index >= 15 is 0 Å². The quantitative estimate of drug-likeness (QED) is 0.854. The van der Waals surface area contributed by atoms with Gasteiger partial charge >= 0.3 is 0 Å². The Labute approximate surface area is 143 Å². The highest BCUT2D eigenvalue weighted by Gasteiger charge is 2.17. The summed E-state index contributed by atoms with van der Waals surface area (Å²) in [6.45, 7) is 5.64. The molecule has 0 heterocycles. The molecule has 1 atom stereocenters. The molecule has 0 aliphatic heterocycles. The Morgan fingerprint density at radius 2 is 1.96 bits per heavy atom. The minimum absolute atomic E-state index is 0.208. The summed E-state index contributed by atoms with van der Waals surface area (Å²) < 4.78 is 11.1. The molecule has 2 rings (SSSR count). The molecular weight excluding hydrogens is 302 g/mol. The van der Waals surface area contributed by atoms with Crippen LogP contribution in [0.5, 0.6) is 11.5 Å². The minimum atomic E-state index is -0.646. The zero-order valence-corrected chi connectivity index (χ0v) is 14.5. The Hall–Kier alpha value is -2.75. The van der Waals surface area contributed by atoms with Crippen LogP contribution < -0.4 is 14.8 Å². The molecule has 0 aliphatic rings. The predicted octanol–water partition coefficient (Wildman–Crippen LogP) is 4.44. The first-order chi connectivity index (χ1) is 11.5. The summed E-state index contributed by atoms with van der Waals surface area (Å²) >= 11 is 0. The van der Waals surface area contributed by atoms with Gasteiger partial charge in [0.05, 0.1) is 7.11 Å². The van der Waals surface area contributed by atoms with Crippen LogP contribution in [0.3, 0.4) is 0 Å². The lowest BCUT2D eigenvalue weighted by Gasteiger charge is -2.17. The third kappa shape index (κ3) is 4.62. The van der Waals surface area contributed by atoms with E-state index in [2.05, 4.69) is 5.32 Å². The van der Waals surface area contributed by atoms with E-state index in [0.29, 0.717) is 11.5 Å². The number of rotatable bonds is 6. The monoisotopic (exact) mass is 325 g/mol. The number of methoxy groups -OCH3 is 1. The molecule has 2 aromatic rings. The normalized spacial score (nSPS) is 12.0. The Balaban J connectivity index is 2.08. The van der Waals surface area contributed by atoms with Crippen LogP contribution in [-0.2, 0) is 4.79 Å². The van der Waals surface area contributed by atoms with Crippen LogP contribution in [0, 0.1) is 6.92 Å². The SMILES string of the molecule is C/C=C/c1ccc(O[C@@H](C)C(=O)Nc2cccc(C)c2)c(OC)c1. The Morgan fingerprint density at radius 1 is 1.17 bits per heavy atom. The molecule has 126 valence electrons. The minimum Gasteiger partial charge on any atom is -0.493 e. The van der Waals surface area contributed by atoms with E-state index in [1.807, 2.05) is 68.5 Å². The van der Waals surface area contributed by atoms with Crippen molar-refractivity contribution in [2.24, 2.45) is 0 Å². The lowest BCUT2D eigenvalue weighted by molar-refractivity contribution is -0.122. The van der Waals surface area contributed by atoms with Crippen molar-refractivity contribution in [2.75, 3.05) is 12.4 Å². The standard InChI is InChI=1S/C20H23NO3/c1-5-7-16-10-11-18(19(13-16)23-4)24-15(3)20(22)21-17-9-6-8-14(2)12-17/h5-13,15H,1-4H3,(H,21,22)/b7-5+/t15-/m0/s1. The molecule has 1 N–H and O–H groups in total. The number of hydrogen-bond donors (Lipinski definition) is 1. The van der Waals surface area contributed by atoms with Gasteiger partial charge in [-0.15, -0.1) is 0 Å². The van der Waals surface area contributed by atoms with Crippen LogP contribution >= 0.6 is 0 Å². The molecule has 0 unspecified atom stereocenters. The first-order valence-corrected chi connectivity index (χ1v) is 7.88. The van der Waals surface area contributed by atoms with E-state index in [1.54, 1.807) is 14.0 Å². The van der Waals surface area contributed by atoms with E-state index < -0.39 is 6.10 Å². The fourth-order valence-electron chi connectivity index (χ4n) is 2.29. The first kappa shape index (κ1) is 17.6. The molecule has 0 aromatic heterocycles. The van der Waals surface area contributed by atoms with E-state index in [4.69, 9.17) is 9.47 Å². The van der Waals surface area contributed by atoms with Crippen LogP contribution in [0.25, 0.3) is 6.08 Å². The number of anilines is 1. The summed E-state index contributed by atoms with van der Waals surface area (Å²) in [6.07, 6.45) is 3.28. The molecule has 0 radical (unpaired) electrons. The number of allylic oxidation sites excluding steroid dienone is 1. The maximum atomic E-state index is 12.3. The van der Waals surface area contributed by atoms with Crippen molar-refractivity contribution in [3.8, 4) is 11.5 Å². The molecule has 4 nitrogen and oxygen atoms in total. The highest BCUT2D eigenvalue weighted by atomic mass is 16.5. The highest BCUT2D eigenvalue weighted by molar-refractivity contribution is 5.94. The molecule has 0 spiro atoms. The second-order valence-corrected chi connectivity index (χ2v) is 5.53. The predicted molar refractivity (Wildman–Crippen MR) is 97.6 cm³/mol. The Bertz CT molecular complexity index is 737. The van der Waals surface area contributed by atoms with Gasteiger partial charge in [-0.2, -0.15) is 0 Å². The number of hydrogen-bond acceptors (Lipinski definition) is 3. The summed E-state index contributed by atoms with van der Waals surface area (Å²) in [7, 11) is 1.58. The molecule has 0 aliphatic carbocycles. The van der Waals surface area contributed by atoms with E-state index in [9.17, 15) is 4.79 Å². The van der Waals surface area contributed by atoms with Crippen LogP contribution in [0.1, 0.15) is 25.0 Å². The number of benzene rings is 2. The molecule has 0 saturated heterocycles. The lowest BCUT2D eigenvalue weighted by atomic mass is 10.2. The van der Waals surface area contributed by atoms with Crippen LogP contribution in [-0.4, -0.2) is 19.1 Å². The first-order valence-electron chi connectivity index (χ1n) is 7.88. The lowest BCUT2D eigenvalue weighted by Crippen LogP contribution is -2.30. The molecule has 4 heteroatoms. The van der Waals surface area contributed by atoms with Crippen molar-refractivity contribution in [1.82, 2.24) is 0 Å². The Morgan fingerprint density at radius 3 is 2.62 bits per heavy atom. The van der Waals surface area contributed by atoms with Crippen molar-refractivity contribution in [1.29, 1.82) is 0 Å². The maximum Gasteiger partial charge on any atom is 0.265 e.